The number of phosphoric acid groups is 2. The predicted octanol–water partition coefficient (Wildman–Crippen LogP) is 2.82. The topological polar surface area (TPSA) is 214 Å². The van der Waals surface area contributed by atoms with Crippen molar-refractivity contribution in [3.63, 3.8) is 0 Å². The largest absolute Gasteiger partial charge is 0.508 e. The summed E-state index contributed by atoms with van der Waals surface area (Å²) in [5.74, 6) is 0.531. The Morgan fingerprint density at radius 1 is 0.700 bits per heavy atom. The van der Waals surface area contributed by atoms with Crippen molar-refractivity contribution in [1.29, 1.82) is 0 Å². The third-order valence-electron chi connectivity index (χ3n) is 6.16. The molecule has 1 atom stereocenters. The Hall–Kier alpha value is -2.60. The van der Waals surface area contributed by atoms with Gasteiger partial charge in [-0.15, -0.1) is 0 Å². The van der Waals surface area contributed by atoms with Crippen molar-refractivity contribution in [3.8, 4) is 11.5 Å². The van der Waals surface area contributed by atoms with Crippen LogP contribution in [0.15, 0.2) is 78.9 Å². The normalized spacial score (nSPS) is 13.7. The van der Waals surface area contributed by atoms with E-state index in [9.17, 15) is 19.3 Å². The maximum Gasteiger partial charge on any atom is 0.481 e. The van der Waals surface area contributed by atoms with Crippen LogP contribution in [0.4, 0.5) is 0 Å². The molecule has 0 fully saturated rings. The number of phenols is 2. The first kappa shape index (κ1) is 33.6. The van der Waals surface area contributed by atoms with Gasteiger partial charge in [-0.25, -0.2) is 9.13 Å². The molecule has 0 bridgehead atoms. The van der Waals surface area contributed by atoms with Gasteiger partial charge in [-0.2, -0.15) is 4.31 Å². The summed E-state index contributed by atoms with van der Waals surface area (Å²) in [5, 5.41) is 45.7. The molecule has 3 aromatic rings. The molecule has 8 N–H and O–H groups in total. The van der Waals surface area contributed by atoms with E-state index in [0.29, 0.717) is 0 Å². The lowest BCUT2D eigenvalue weighted by Gasteiger charge is -2.31. The minimum Gasteiger partial charge on any atom is -0.508 e. The van der Waals surface area contributed by atoms with Crippen molar-refractivity contribution < 1.29 is 58.2 Å². The fourth-order valence-electron chi connectivity index (χ4n) is 3.70. The minimum absolute atomic E-state index is 0.247. The van der Waals surface area contributed by atoms with E-state index in [1.54, 1.807) is 24.3 Å². The van der Waals surface area contributed by atoms with Crippen LogP contribution in [-0.4, -0.2) is 66.6 Å². The Kier molecular flexibility index (Phi) is 12.0. The van der Waals surface area contributed by atoms with E-state index in [1.165, 1.54) is 5.56 Å². The molecule has 0 radical (unpaired) electrons. The quantitative estimate of drug-likeness (QED) is 0.141. The highest BCUT2D eigenvalue weighted by Gasteiger charge is 2.37. The summed E-state index contributed by atoms with van der Waals surface area (Å²) in [6, 6.07) is 25.1. The predicted molar refractivity (Wildman–Crippen MR) is 145 cm³/mol. The van der Waals surface area contributed by atoms with Gasteiger partial charge in [-0.1, -0.05) is 61.5 Å². The van der Waals surface area contributed by atoms with Crippen molar-refractivity contribution in [2.75, 3.05) is 26.4 Å². The number of rotatable bonds is 12. The summed E-state index contributed by atoms with van der Waals surface area (Å²) in [5.41, 5.74) is 1.64. The van der Waals surface area contributed by atoms with Gasteiger partial charge in [0.25, 0.3) is 0 Å². The molecule has 1 unspecified atom stereocenters. The molecule has 220 valence electrons. The second kappa shape index (κ2) is 14.3. The molecule has 3 rings (SSSR count). The molecule has 0 saturated carbocycles. The molecule has 0 spiro atoms. The molecule has 3 aromatic carbocycles. The van der Waals surface area contributed by atoms with Crippen molar-refractivity contribution in [3.05, 3.63) is 95.6 Å². The summed E-state index contributed by atoms with van der Waals surface area (Å²) < 4.78 is 28.9. The van der Waals surface area contributed by atoms with E-state index >= 15 is 0 Å². The van der Waals surface area contributed by atoms with Crippen LogP contribution in [0.3, 0.4) is 0 Å². The first-order chi connectivity index (χ1) is 18.7. The highest BCUT2D eigenvalue weighted by Crippen LogP contribution is 2.58. The number of hydrogen-bond acceptors (Lipinski definition) is 9. The van der Waals surface area contributed by atoms with E-state index in [4.69, 9.17) is 30.0 Å². The second-order valence-electron chi connectivity index (χ2n) is 9.38. The van der Waals surface area contributed by atoms with Crippen LogP contribution in [0.1, 0.15) is 23.6 Å². The van der Waals surface area contributed by atoms with Gasteiger partial charge in [-0.05, 0) is 47.4 Å². The first-order valence-electron chi connectivity index (χ1n) is 11.9. The second-order valence-corrected chi connectivity index (χ2v) is 12.2. The molecule has 12 nitrogen and oxygen atoms in total. The SMILES string of the molecule is CC(Cc1ccccc1)(c1ccc(O)cc1)c1ccc(O)cc1.O=P(O)(O)OP(=O)(O)OCC(CO)(CO)CO. The number of aliphatic hydroxyl groups is 3. The Labute approximate surface area is 231 Å². The van der Waals surface area contributed by atoms with E-state index < -0.39 is 47.5 Å². The molecule has 0 heterocycles. The van der Waals surface area contributed by atoms with Crippen molar-refractivity contribution in [1.82, 2.24) is 0 Å². The van der Waals surface area contributed by atoms with Crippen LogP contribution in [0.25, 0.3) is 0 Å². The van der Waals surface area contributed by atoms with Gasteiger partial charge >= 0.3 is 15.6 Å². The Morgan fingerprint density at radius 2 is 1.12 bits per heavy atom. The third-order valence-corrected chi connectivity index (χ3v) is 8.29. The van der Waals surface area contributed by atoms with Crippen LogP contribution in [0.5, 0.6) is 11.5 Å². The highest BCUT2D eigenvalue weighted by atomic mass is 31.3. The Balaban J connectivity index is 0.000000296. The summed E-state index contributed by atoms with van der Waals surface area (Å²) in [4.78, 5) is 25.4. The monoisotopic (exact) mass is 600 g/mol. The zero-order chi connectivity index (χ0) is 30.0. The van der Waals surface area contributed by atoms with Crippen LogP contribution in [-0.2, 0) is 29.8 Å². The van der Waals surface area contributed by atoms with Gasteiger partial charge < -0.3 is 40.2 Å². The van der Waals surface area contributed by atoms with Crippen molar-refractivity contribution in [2.45, 2.75) is 18.8 Å². The third kappa shape index (κ3) is 10.1. The summed E-state index contributed by atoms with van der Waals surface area (Å²) in [7, 11) is -10.3. The maximum absolute atomic E-state index is 11.0. The van der Waals surface area contributed by atoms with Crippen LogP contribution < -0.4 is 0 Å². The molecule has 0 aromatic heterocycles. The number of phenolic OH excluding ortho intramolecular Hbond substituents is 2. The lowest BCUT2D eigenvalue weighted by atomic mass is 9.72. The Morgan fingerprint density at radius 3 is 1.50 bits per heavy atom. The van der Waals surface area contributed by atoms with Crippen molar-refractivity contribution >= 4 is 15.6 Å². The molecular formula is C26H34O12P2. The summed E-state index contributed by atoms with van der Waals surface area (Å²) in [6.07, 6.45) is 0.837. The first-order valence-corrected chi connectivity index (χ1v) is 14.9. The van der Waals surface area contributed by atoms with Gasteiger partial charge in [0, 0.05) is 5.41 Å². The van der Waals surface area contributed by atoms with Crippen molar-refractivity contribution in [2.24, 2.45) is 5.41 Å². The number of hydrogen-bond donors (Lipinski definition) is 8. The summed E-state index contributed by atoms with van der Waals surface area (Å²) >= 11 is 0. The fourth-order valence-corrected chi connectivity index (χ4v) is 5.40. The zero-order valence-corrected chi connectivity index (χ0v) is 23.4. The van der Waals surface area contributed by atoms with E-state index in [1.807, 2.05) is 42.5 Å². The lowest BCUT2D eigenvalue weighted by molar-refractivity contribution is -0.0316. The zero-order valence-electron chi connectivity index (χ0n) is 21.6. The van der Waals surface area contributed by atoms with Gasteiger partial charge in [0.15, 0.2) is 0 Å². The van der Waals surface area contributed by atoms with Gasteiger partial charge in [0.2, 0.25) is 0 Å². The number of aromatic hydroxyl groups is 2. The smallest absolute Gasteiger partial charge is 0.481 e. The molecule has 0 amide bonds. The van der Waals surface area contributed by atoms with Crippen LogP contribution in [0.2, 0.25) is 0 Å². The summed E-state index contributed by atoms with van der Waals surface area (Å²) in [6.45, 7) is -0.940. The molecular weight excluding hydrogens is 566 g/mol. The molecule has 0 aliphatic rings. The van der Waals surface area contributed by atoms with Gasteiger partial charge in [0.05, 0.1) is 31.8 Å². The van der Waals surface area contributed by atoms with Gasteiger partial charge in [0.1, 0.15) is 11.5 Å². The number of aliphatic hydroxyl groups excluding tert-OH is 3. The van der Waals surface area contributed by atoms with E-state index in [2.05, 4.69) is 27.9 Å². The molecule has 40 heavy (non-hydrogen) atoms. The van der Waals surface area contributed by atoms with Crippen LogP contribution >= 0.6 is 15.6 Å². The standard InChI is InChI=1S/C21H20O2.C5H14O10P2/c1-21(15-16-5-3-2-4-6-16,17-7-11-19(22)12-8-17)18-9-13-20(23)14-10-18;6-1-5(2-7,3-8)4-14-17(12,13)15-16(9,10)11/h2-14,22-23H,15H2,1H3;6-8H,1-4H2,(H,12,13)(H2,9,10,11). The van der Waals surface area contributed by atoms with E-state index in [0.717, 1.165) is 17.5 Å². The number of phosphoric ester groups is 1. The number of benzene rings is 3. The highest BCUT2D eigenvalue weighted by molar-refractivity contribution is 7.60. The fraction of sp³-hybridized carbons (Fsp3) is 0.308. The Bertz CT molecular complexity index is 1220. The average Bonchev–Trinajstić information content (AvgIpc) is 2.90. The molecule has 0 saturated heterocycles. The molecule has 0 aliphatic carbocycles. The molecule has 0 aliphatic heterocycles. The van der Waals surface area contributed by atoms with E-state index in [-0.39, 0.29) is 16.9 Å². The molecule has 14 heteroatoms. The van der Waals surface area contributed by atoms with Crippen LogP contribution in [0, 0.1) is 5.41 Å². The minimum atomic E-state index is -5.22. The lowest BCUT2D eigenvalue weighted by Crippen LogP contribution is -2.38. The maximum atomic E-state index is 11.0. The van der Waals surface area contributed by atoms with Gasteiger partial charge in [-0.3, -0.25) is 4.52 Å². The average molecular weight is 600 g/mol.